The summed E-state index contributed by atoms with van der Waals surface area (Å²) in [6.45, 7) is 0. The van der Waals surface area contributed by atoms with Crippen molar-refractivity contribution < 1.29 is 9.59 Å². The van der Waals surface area contributed by atoms with Crippen molar-refractivity contribution in [3.63, 3.8) is 0 Å². The fourth-order valence-corrected chi connectivity index (χ4v) is 3.83. The van der Waals surface area contributed by atoms with Crippen molar-refractivity contribution in [2.75, 3.05) is 5.75 Å². The number of aryl methyl sites for hydroxylation is 1. The first-order chi connectivity index (χ1) is 12.4. The predicted molar refractivity (Wildman–Crippen MR) is 102 cm³/mol. The largest absolute Gasteiger partial charge is 0.365 e. The molecule has 1 aromatic heterocycles. The van der Waals surface area contributed by atoms with E-state index >= 15 is 0 Å². The number of fused-ring (bicyclic) bond motifs is 1. The molecule has 0 fully saturated rings. The standard InChI is InChI=1S/C18H18ClN3O3S/c19-10-4-6-11(7-5-10)26-9-16(23)21-14-2-1-3-15-12(14)8-13(17(20)24)18(25)22-15/h4-8,14H,1-3,9H2,(H2,20,24)(H,21,23)(H,22,25). The second-order valence-electron chi connectivity index (χ2n) is 6.07. The summed E-state index contributed by atoms with van der Waals surface area (Å²) in [5.41, 5.74) is 6.20. The molecular weight excluding hydrogens is 374 g/mol. The van der Waals surface area contributed by atoms with Crippen LogP contribution in [0.5, 0.6) is 0 Å². The highest BCUT2D eigenvalue weighted by Gasteiger charge is 2.24. The highest BCUT2D eigenvalue weighted by atomic mass is 35.5. The van der Waals surface area contributed by atoms with Gasteiger partial charge >= 0.3 is 0 Å². The van der Waals surface area contributed by atoms with Crippen LogP contribution in [0.1, 0.15) is 40.5 Å². The number of halogens is 1. The lowest BCUT2D eigenvalue weighted by molar-refractivity contribution is -0.119. The third-order valence-corrected chi connectivity index (χ3v) is 5.50. The summed E-state index contributed by atoms with van der Waals surface area (Å²) in [5, 5.41) is 3.63. The molecule has 1 aliphatic carbocycles. The van der Waals surface area contributed by atoms with E-state index < -0.39 is 11.5 Å². The van der Waals surface area contributed by atoms with Crippen LogP contribution in [-0.2, 0) is 11.2 Å². The van der Waals surface area contributed by atoms with E-state index in [2.05, 4.69) is 10.3 Å². The first kappa shape index (κ1) is 18.5. The molecule has 2 amide bonds. The molecule has 0 bridgehead atoms. The number of pyridine rings is 1. The molecule has 1 aromatic carbocycles. The SMILES string of the molecule is NC(=O)c1cc2c([nH]c1=O)CCCC2NC(=O)CSc1ccc(Cl)cc1. The molecular formula is C18H18ClN3O3S. The number of carbonyl (C=O) groups is 2. The van der Waals surface area contributed by atoms with Crippen LogP contribution < -0.4 is 16.6 Å². The van der Waals surface area contributed by atoms with Crippen LogP contribution in [0.2, 0.25) is 5.02 Å². The van der Waals surface area contributed by atoms with E-state index in [0.29, 0.717) is 11.4 Å². The third kappa shape index (κ3) is 4.28. The van der Waals surface area contributed by atoms with Crippen molar-refractivity contribution in [3.8, 4) is 0 Å². The van der Waals surface area contributed by atoms with Gasteiger partial charge in [-0.25, -0.2) is 0 Å². The minimum absolute atomic E-state index is 0.0829. The zero-order valence-corrected chi connectivity index (χ0v) is 15.5. The number of H-pyrrole nitrogens is 1. The fourth-order valence-electron chi connectivity index (χ4n) is 2.99. The van der Waals surface area contributed by atoms with Gasteiger partial charge in [-0.2, -0.15) is 0 Å². The second kappa shape index (κ2) is 7.97. The van der Waals surface area contributed by atoms with Gasteiger partial charge in [-0.05, 0) is 55.2 Å². The number of hydrogen-bond donors (Lipinski definition) is 3. The number of carbonyl (C=O) groups excluding carboxylic acids is 2. The number of amides is 2. The lowest BCUT2D eigenvalue weighted by atomic mass is 9.90. The molecule has 4 N–H and O–H groups in total. The lowest BCUT2D eigenvalue weighted by Gasteiger charge is -2.26. The molecule has 0 saturated carbocycles. The van der Waals surface area contributed by atoms with Crippen LogP contribution in [0.25, 0.3) is 0 Å². The Bertz CT molecular complexity index is 896. The highest BCUT2D eigenvalue weighted by molar-refractivity contribution is 8.00. The quantitative estimate of drug-likeness (QED) is 0.680. The van der Waals surface area contributed by atoms with E-state index in [1.807, 2.05) is 12.1 Å². The van der Waals surface area contributed by atoms with Crippen molar-refractivity contribution >= 4 is 35.2 Å². The van der Waals surface area contributed by atoms with Gasteiger partial charge in [-0.15, -0.1) is 11.8 Å². The number of rotatable bonds is 5. The Balaban J connectivity index is 1.70. The summed E-state index contributed by atoms with van der Waals surface area (Å²) in [6, 6.07) is 8.54. The van der Waals surface area contributed by atoms with Crippen molar-refractivity contribution in [2.45, 2.75) is 30.2 Å². The fraction of sp³-hybridized carbons (Fsp3) is 0.278. The first-order valence-electron chi connectivity index (χ1n) is 8.17. The Morgan fingerprint density at radius 3 is 2.73 bits per heavy atom. The Kier molecular flexibility index (Phi) is 5.68. The number of thioether (sulfide) groups is 1. The van der Waals surface area contributed by atoms with Gasteiger partial charge < -0.3 is 16.0 Å². The third-order valence-electron chi connectivity index (χ3n) is 4.24. The van der Waals surface area contributed by atoms with Gasteiger partial charge in [0.25, 0.3) is 11.5 Å². The molecule has 2 aromatic rings. The molecule has 8 heteroatoms. The summed E-state index contributed by atoms with van der Waals surface area (Å²) in [7, 11) is 0. The number of nitrogens with two attached hydrogens (primary N) is 1. The summed E-state index contributed by atoms with van der Waals surface area (Å²) in [4.78, 5) is 39.3. The number of primary amides is 1. The average Bonchev–Trinajstić information content (AvgIpc) is 2.60. The number of nitrogens with one attached hydrogen (secondary N) is 2. The van der Waals surface area contributed by atoms with Gasteiger partial charge in [0, 0.05) is 15.6 Å². The van der Waals surface area contributed by atoms with Crippen LogP contribution in [-0.4, -0.2) is 22.6 Å². The molecule has 0 spiro atoms. The van der Waals surface area contributed by atoms with Crippen LogP contribution in [0.4, 0.5) is 0 Å². The Hall–Kier alpha value is -2.25. The molecule has 1 unspecified atom stereocenters. The highest BCUT2D eigenvalue weighted by Crippen LogP contribution is 2.28. The smallest absolute Gasteiger partial charge is 0.261 e. The monoisotopic (exact) mass is 391 g/mol. The maximum absolute atomic E-state index is 12.3. The van der Waals surface area contributed by atoms with Gasteiger partial charge in [-0.1, -0.05) is 11.6 Å². The van der Waals surface area contributed by atoms with E-state index in [9.17, 15) is 14.4 Å². The van der Waals surface area contributed by atoms with Gasteiger partial charge in [0.1, 0.15) is 5.56 Å². The Morgan fingerprint density at radius 1 is 1.31 bits per heavy atom. The topological polar surface area (TPSA) is 105 Å². The molecule has 26 heavy (non-hydrogen) atoms. The average molecular weight is 392 g/mol. The molecule has 136 valence electrons. The normalized spacial score (nSPS) is 16.0. The van der Waals surface area contributed by atoms with Gasteiger partial charge in [-0.3, -0.25) is 14.4 Å². The van der Waals surface area contributed by atoms with Crippen LogP contribution in [0.3, 0.4) is 0 Å². The zero-order chi connectivity index (χ0) is 18.7. The van der Waals surface area contributed by atoms with E-state index in [0.717, 1.165) is 29.0 Å². The maximum atomic E-state index is 12.3. The minimum Gasteiger partial charge on any atom is -0.365 e. The second-order valence-corrected chi connectivity index (χ2v) is 7.55. The Morgan fingerprint density at radius 2 is 2.04 bits per heavy atom. The van der Waals surface area contributed by atoms with E-state index in [1.165, 1.54) is 17.8 Å². The molecule has 1 aliphatic rings. The first-order valence-corrected chi connectivity index (χ1v) is 9.54. The zero-order valence-electron chi connectivity index (χ0n) is 13.9. The van der Waals surface area contributed by atoms with Crippen molar-refractivity contribution in [1.29, 1.82) is 0 Å². The molecule has 6 nitrogen and oxygen atoms in total. The summed E-state index contributed by atoms with van der Waals surface area (Å²) in [5.74, 6) is -0.628. The maximum Gasteiger partial charge on any atom is 0.261 e. The van der Waals surface area contributed by atoms with Crippen molar-refractivity contribution in [1.82, 2.24) is 10.3 Å². The lowest BCUT2D eigenvalue weighted by Crippen LogP contribution is -2.34. The van der Waals surface area contributed by atoms with Crippen molar-refractivity contribution in [2.24, 2.45) is 5.73 Å². The van der Waals surface area contributed by atoms with Crippen LogP contribution in [0.15, 0.2) is 40.0 Å². The summed E-state index contributed by atoms with van der Waals surface area (Å²) in [6.07, 6.45) is 2.29. The van der Waals surface area contributed by atoms with E-state index in [4.69, 9.17) is 17.3 Å². The van der Waals surface area contributed by atoms with Crippen LogP contribution in [0, 0.1) is 0 Å². The van der Waals surface area contributed by atoms with Crippen LogP contribution >= 0.6 is 23.4 Å². The van der Waals surface area contributed by atoms with E-state index in [-0.39, 0.29) is 23.3 Å². The number of aromatic nitrogens is 1. The summed E-state index contributed by atoms with van der Waals surface area (Å²) < 4.78 is 0. The molecule has 0 aliphatic heterocycles. The minimum atomic E-state index is -0.775. The molecule has 3 rings (SSSR count). The van der Waals surface area contributed by atoms with Crippen molar-refractivity contribution in [3.05, 3.63) is 62.5 Å². The molecule has 1 atom stereocenters. The van der Waals surface area contributed by atoms with Gasteiger partial charge in [0.2, 0.25) is 5.91 Å². The molecule has 0 saturated heterocycles. The summed E-state index contributed by atoms with van der Waals surface area (Å²) >= 11 is 7.27. The number of hydrogen-bond acceptors (Lipinski definition) is 4. The van der Waals surface area contributed by atoms with Gasteiger partial charge in [0.05, 0.1) is 11.8 Å². The molecule has 0 radical (unpaired) electrons. The molecule has 1 heterocycles. The predicted octanol–water partition coefficient (Wildman–Crippen LogP) is 2.41. The number of benzene rings is 1. The van der Waals surface area contributed by atoms with Gasteiger partial charge in [0.15, 0.2) is 0 Å². The number of aromatic amines is 1. The Labute approximate surface area is 159 Å². The van der Waals surface area contributed by atoms with E-state index in [1.54, 1.807) is 12.1 Å².